The second-order valence-electron chi connectivity index (χ2n) is 11.3. The first-order chi connectivity index (χ1) is 19.3. The number of hydrogen-bond acceptors (Lipinski definition) is 5. The summed E-state index contributed by atoms with van der Waals surface area (Å²) in [7, 11) is 0. The predicted octanol–water partition coefficient (Wildman–Crippen LogP) is 5.84. The summed E-state index contributed by atoms with van der Waals surface area (Å²) in [5, 5.41) is 9.84. The molecular formula is C32H36FNO6. The molecule has 1 N–H and O–H groups in total. The van der Waals surface area contributed by atoms with Crippen molar-refractivity contribution in [3.63, 3.8) is 0 Å². The SMILES string of the molecule is C[C@H](CF)C1CCC(C(=O)N2CC[C@H](OCc3ccccc3)[C@H]2C(=O)Cc2ccc3oc(C(=O)O)cc3c2)CC1. The van der Waals surface area contributed by atoms with Crippen LogP contribution in [0.25, 0.3) is 11.0 Å². The van der Waals surface area contributed by atoms with Gasteiger partial charge in [0.1, 0.15) is 11.6 Å². The van der Waals surface area contributed by atoms with Gasteiger partial charge >= 0.3 is 5.97 Å². The zero-order valence-electron chi connectivity index (χ0n) is 22.8. The second kappa shape index (κ2) is 12.3. The van der Waals surface area contributed by atoms with Gasteiger partial charge in [-0.15, -0.1) is 0 Å². The number of carbonyl (C=O) groups is 3. The van der Waals surface area contributed by atoms with E-state index in [1.807, 2.05) is 37.3 Å². The maximum Gasteiger partial charge on any atom is 0.371 e. The average Bonchev–Trinajstić information content (AvgIpc) is 3.60. The number of carboxylic acid groups (broad SMARTS) is 1. The summed E-state index contributed by atoms with van der Waals surface area (Å²) in [6.45, 7) is 2.40. The topological polar surface area (TPSA) is 97.0 Å². The molecule has 2 aliphatic rings. The van der Waals surface area contributed by atoms with E-state index in [9.17, 15) is 23.9 Å². The zero-order valence-corrected chi connectivity index (χ0v) is 22.8. The number of benzene rings is 2. The lowest BCUT2D eigenvalue weighted by molar-refractivity contribution is -0.144. The summed E-state index contributed by atoms with van der Waals surface area (Å²) in [6, 6.07) is 15.7. The van der Waals surface area contributed by atoms with E-state index in [2.05, 4.69) is 0 Å². The smallest absolute Gasteiger partial charge is 0.371 e. The minimum absolute atomic E-state index is 0.00655. The third-order valence-corrected chi connectivity index (χ3v) is 8.60. The molecule has 1 aromatic heterocycles. The number of halogens is 1. The molecule has 40 heavy (non-hydrogen) atoms. The average molecular weight is 550 g/mol. The number of rotatable bonds is 10. The van der Waals surface area contributed by atoms with Crippen molar-refractivity contribution in [1.29, 1.82) is 0 Å². The summed E-state index contributed by atoms with van der Waals surface area (Å²) < 4.78 is 24.8. The van der Waals surface area contributed by atoms with Crippen LogP contribution in [0.4, 0.5) is 4.39 Å². The Hall–Kier alpha value is -3.52. The molecule has 1 saturated carbocycles. The van der Waals surface area contributed by atoms with Crippen LogP contribution in [0.5, 0.6) is 0 Å². The number of alkyl halides is 1. The molecule has 1 aliphatic carbocycles. The van der Waals surface area contributed by atoms with Crippen LogP contribution in [-0.4, -0.2) is 53.0 Å². The molecule has 0 radical (unpaired) electrons. The van der Waals surface area contributed by atoms with E-state index in [0.29, 0.717) is 49.3 Å². The van der Waals surface area contributed by atoms with Crippen molar-refractivity contribution in [3.8, 4) is 0 Å². The number of aromatic carboxylic acids is 1. The molecule has 0 spiro atoms. The molecule has 0 bridgehead atoms. The summed E-state index contributed by atoms with van der Waals surface area (Å²) in [4.78, 5) is 40.6. The molecule has 0 unspecified atom stereocenters. The summed E-state index contributed by atoms with van der Waals surface area (Å²) >= 11 is 0. The molecule has 2 aromatic carbocycles. The van der Waals surface area contributed by atoms with E-state index < -0.39 is 18.1 Å². The number of ketones is 1. The Morgan fingerprint density at radius 1 is 1.02 bits per heavy atom. The van der Waals surface area contributed by atoms with Crippen LogP contribution in [-0.2, 0) is 27.4 Å². The van der Waals surface area contributed by atoms with Crippen LogP contribution in [0.3, 0.4) is 0 Å². The highest BCUT2D eigenvalue weighted by atomic mass is 19.1. The van der Waals surface area contributed by atoms with Crippen LogP contribution in [0.2, 0.25) is 0 Å². The number of carboxylic acids is 1. The monoisotopic (exact) mass is 549 g/mol. The van der Waals surface area contributed by atoms with Crippen LogP contribution in [0, 0.1) is 17.8 Å². The van der Waals surface area contributed by atoms with E-state index >= 15 is 0 Å². The Labute approximate surface area is 233 Å². The number of nitrogens with zero attached hydrogens (tertiary/aromatic N) is 1. The van der Waals surface area contributed by atoms with E-state index in [-0.39, 0.29) is 42.4 Å². The molecule has 7 nitrogen and oxygen atoms in total. The van der Waals surface area contributed by atoms with Crippen molar-refractivity contribution in [3.05, 3.63) is 71.5 Å². The van der Waals surface area contributed by atoms with Crippen LogP contribution in [0.1, 0.15) is 60.7 Å². The summed E-state index contributed by atoms with van der Waals surface area (Å²) in [5.41, 5.74) is 2.16. The summed E-state index contributed by atoms with van der Waals surface area (Å²) in [6.07, 6.45) is 3.32. The number of furan rings is 1. The highest BCUT2D eigenvalue weighted by Crippen LogP contribution is 2.36. The molecule has 8 heteroatoms. The molecule has 3 aromatic rings. The normalized spacial score (nSPS) is 23.8. The Morgan fingerprint density at radius 2 is 1.77 bits per heavy atom. The Balaban J connectivity index is 1.33. The maximum absolute atomic E-state index is 13.8. The summed E-state index contributed by atoms with van der Waals surface area (Å²) in [5.74, 6) is -1.28. The minimum atomic E-state index is -1.15. The highest BCUT2D eigenvalue weighted by Gasteiger charge is 2.44. The van der Waals surface area contributed by atoms with Gasteiger partial charge in [0.25, 0.3) is 0 Å². The Kier molecular flexibility index (Phi) is 8.64. The van der Waals surface area contributed by atoms with Crippen molar-refractivity contribution in [2.75, 3.05) is 13.2 Å². The quantitative estimate of drug-likeness (QED) is 0.341. The van der Waals surface area contributed by atoms with E-state index in [1.54, 1.807) is 23.1 Å². The van der Waals surface area contributed by atoms with Gasteiger partial charge in [0, 0.05) is 24.3 Å². The fourth-order valence-electron chi connectivity index (χ4n) is 6.25. The van der Waals surface area contributed by atoms with Crippen molar-refractivity contribution >= 4 is 28.6 Å². The molecular weight excluding hydrogens is 513 g/mol. The molecule has 3 atom stereocenters. The number of likely N-dealkylation sites (tertiary alicyclic amines) is 1. The molecule has 5 rings (SSSR count). The van der Waals surface area contributed by atoms with Gasteiger partial charge in [0.05, 0.1) is 19.4 Å². The fourth-order valence-corrected chi connectivity index (χ4v) is 6.25. The number of amides is 1. The first-order valence-electron chi connectivity index (χ1n) is 14.1. The highest BCUT2D eigenvalue weighted by molar-refractivity contribution is 5.94. The van der Waals surface area contributed by atoms with Crippen molar-refractivity contribution < 1.29 is 33.0 Å². The van der Waals surface area contributed by atoms with Gasteiger partial charge in [-0.2, -0.15) is 0 Å². The number of carbonyl (C=O) groups excluding carboxylic acids is 2. The second-order valence-corrected chi connectivity index (χ2v) is 11.3. The standard InChI is InChI=1S/C32H36FNO6/c1-20(18-33)23-8-10-24(11-9-23)31(36)34-14-13-28(39-19-21-5-3-2-4-6-21)30(34)26(35)16-22-7-12-27-25(15-22)17-29(40-27)32(37)38/h2-7,12,15,17,20,23-24,28,30H,8-11,13-14,16,18-19H2,1H3,(H,37,38)/t20-,23?,24?,28+,30-/m1/s1. The molecule has 1 amide bonds. The predicted molar refractivity (Wildman–Crippen MR) is 148 cm³/mol. The first-order valence-corrected chi connectivity index (χ1v) is 14.1. The lowest BCUT2D eigenvalue weighted by atomic mass is 9.76. The van der Waals surface area contributed by atoms with E-state index in [4.69, 9.17) is 9.15 Å². The molecule has 2 fully saturated rings. The van der Waals surface area contributed by atoms with Gasteiger partial charge < -0.3 is 19.2 Å². The van der Waals surface area contributed by atoms with Crippen molar-refractivity contribution in [2.24, 2.45) is 17.8 Å². The van der Waals surface area contributed by atoms with E-state index in [0.717, 1.165) is 24.0 Å². The van der Waals surface area contributed by atoms with Gasteiger partial charge in [-0.25, -0.2) is 4.79 Å². The van der Waals surface area contributed by atoms with Gasteiger partial charge in [0.2, 0.25) is 11.7 Å². The number of Topliss-reactive ketones (excluding diaryl/α,β-unsaturated/α-hetero) is 1. The minimum Gasteiger partial charge on any atom is -0.475 e. The van der Waals surface area contributed by atoms with Crippen LogP contribution < -0.4 is 0 Å². The largest absolute Gasteiger partial charge is 0.475 e. The molecule has 1 saturated heterocycles. The first kappa shape index (κ1) is 28.0. The van der Waals surface area contributed by atoms with Gasteiger partial charge in [-0.3, -0.25) is 14.0 Å². The van der Waals surface area contributed by atoms with Crippen LogP contribution in [0.15, 0.2) is 59.0 Å². The Bertz CT molecular complexity index is 1350. The number of ether oxygens (including phenoxy) is 1. The molecule has 212 valence electrons. The lowest BCUT2D eigenvalue weighted by Crippen LogP contribution is -2.49. The number of hydrogen-bond donors (Lipinski definition) is 1. The third kappa shape index (κ3) is 6.12. The third-order valence-electron chi connectivity index (χ3n) is 8.60. The number of fused-ring (bicyclic) bond motifs is 1. The van der Waals surface area contributed by atoms with Crippen molar-refractivity contribution in [2.45, 2.75) is 64.2 Å². The molecule has 2 heterocycles. The Morgan fingerprint density at radius 3 is 2.48 bits per heavy atom. The molecule has 1 aliphatic heterocycles. The maximum atomic E-state index is 13.8. The fraction of sp³-hybridized carbons (Fsp3) is 0.469. The van der Waals surface area contributed by atoms with Gasteiger partial charge in [-0.05, 0) is 73.3 Å². The van der Waals surface area contributed by atoms with Gasteiger partial charge in [-0.1, -0.05) is 43.3 Å². The van der Waals surface area contributed by atoms with Gasteiger partial charge in [0.15, 0.2) is 5.78 Å². The van der Waals surface area contributed by atoms with Crippen molar-refractivity contribution in [1.82, 2.24) is 4.90 Å². The van der Waals surface area contributed by atoms with E-state index in [1.165, 1.54) is 6.07 Å². The van der Waals surface area contributed by atoms with Crippen LogP contribution >= 0.6 is 0 Å². The lowest BCUT2D eigenvalue weighted by Gasteiger charge is -2.35. The zero-order chi connectivity index (χ0) is 28.2.